The van der Waals surface area contributed by atoms with E-state index in [0.717, 1.165) is 23.0 Å². The smallest absolute Gasteiger partial charge is 0.187 e. The van der Waals surface area contributed by atoms with Crippen LogP contribution in [0.5, 0.6) is 0 Å². The van der Waals surface area contributed by atoms with Gasteiger partial charge in [-0.25, -0.2) is 0 Å². The van der Waals surface area contributed by atoms with E-state index in [-0.39, 0.29) is 25.4 Å². The molecular formula is C9H16O4S2. The summed E-state index contributed by atoms with van der Waals surface area (Å²) in [6.07, 6.45) is -0.274. The lowest BCUT2D eigenvalue weighted by Gasteiger charge is -2.44. The van der Waals surface area contributed by atoms with Gasteiger partial charge in [0.15, 0.2) is 5.79 Å². The zero-order valence-electron chi connectivity index (χ0n) is 8.42. The molecule has 0 aromatic heterocycles. The van der Waals surface area contributed by atoms with Crippen LogP contribution < -0.4 is 0 Å². The van der Waals surface area contributed by atoms with Gasteiger partial charge in [0.1, 0.15) is 0 Å². The maximum Gasteiger partial charge on any atom is 0.187 e. The summed E-state index contributed by atoms with van der Waals surface area (Å²) in [7, 11) is 0. The van der Waals surface area contributed by atoms with Gasteiger partial charge in [0.2, 0.25) is 0 Å². The number of hydrogen-bond acceptors (Lipinski definition) is 6. The Bertz CT molecular complexity index is 192. The SMILES string of the molecule is OC[C@@H]1CSCC2(CSC[C@@H](CO)O2)O1. The minimum absolute atomic E-state index is 0.0343. The van der Waals surface area contributed by atoms with E-state index in [1.807, 2.05) is 0 Å². The van der Waals surface area contributed by atoms with Gasteiger partial charge in [-0.15, -0.1) is 0 Å². The summed E-state index contributed by atoms with van der Waals surface area (Å²) in [6.45, 7) is 0.0686. The van der Waals surface area contributed by atoms with E-state index in [4.69, 9.17) is 19.7 Å². The molecule has 2 rings (SSSR count). The summed E-state index contributed by atoms with van der Waals surface area (Å²) in [5.41, 5.74) is 0. The molecule has 2 N–H and O–H groups in total. The van der Waals surface area contributed by atoms with E-state index < -0.39 is 5.79 Å². The lowest BCUT2D eigenvalue weighted by Crippen LogP contribution is -2.54. The van der Waals surface area contributed by atoms with E-state index in [0.29, 0.717) is 0 Å². The Morgan fingerprint density at radius 1 is 1.00 bits per heavy atom. The summed E-state index contributed by atoms with van der Waals surface area (Å²) >= 11 is 3.48. The van der Waals surface area contributed by atoms with Crippen LogP contribution in [-0.2, 0) is 9.47 Å². The molecule has 0 radical (unpaired) electrons. The Morgan fingerprint density at radius 2 is 1.47 bits per heavy atom. The topological polar surface area (TPSA) is 58.9 Å². The highest BCUT2D eigenvalue weighted by molar-refractivity contribution is 8.00. The first-order valence-corrected chi connectivity index (χ1v) is 7.32. The molecule has 2 fully saturated rings. The molecule has 4 nitrogen and oxygen atoms in total. The van der Waals surface area contributed by atoms with Crippen LogP contribution in [0.2, 0.25) is 0 Å². The quantitative estimate of drug-likeness (QED) is 0.717. The third-order valence-electron chi connectivity index (χ3n) is 2.42. The first-order valence-electron chi connectivity index (χ1n) is 5.01. The van der Waals surface area contributed by atoms with Crippen LogP contribution in [0.1, 0.15) is 0 Å². The normalized spacial score (nSPS) is 35.6. The lowest BCUT2D eigenvalue weighted by atomic mass is 10.3. The molecule has 88 valence electrons. The fourth-order valence-corrected chi connectivity index (χ4v) is 4.09. The number of rotatable bonds is 2. The lowest BCUT2D eigenvalue weighted by molar-refractivity contribution is -0.259. The van der Waals surface area contributed by atoms with Gasteiger partial charge in [0.25, 0.3) is 0 Å². The van der Waals surface area contributed by atoms with Crippen LogP contribution in [0.3, 0.4) is 0 Å². The Labute approximate surface area is 97.7 Å². The highest BCUT2D eigenvalue weighted by Crippen LogP contribution is 2.36. The van der Waals surface area contributed by atoms with Crippen molar-refractivity contribution in [1.82, 2.24) is 0 Å². The van der Waals surface area contributed by atoms with Crippen LogP contribution in [-0.4, -0.2) is 64.4 Å². The predicted molar refractivity (Wildman–Crippen MR) is 61.3 cm³/mol. The molecule has 0 aromatic rings. The van der Waals surface area contributed by atoms with E-state index in [1.165, 1.54) is 0 Å². The average Bonchev–Trinajstić information content (AvgIpc) is 2.29. The molecule has 2 atom stereocenters. The third-order valence-corrected chi connectivity index (χ3v) is 4.92. The fraction of sp³-hybridized carbons (Fsp3) is 1.00. The van der Waals surface area contributed by atoms with Gasteiger partial charge in [0, 0.05) is 23.0 Å². The number of aliphatic hydroxyl groups excluding tert-OH is 2. The standard InChI is InChI=1S/C9H16O4S2/c10-1-7-3-14-5-9(12-7)6-15-4-8(2-11)13-9/h7-8,10-11H,1-6H2/t7-,8-,9?/m1/s1. The van der Waals surface area contributed by atoms with Gasteiger partial charge in [-0.1, -0.05) is 0 Å². The van der Waals surface area contributed by atoms with Crippen molar-refractivity contribution < 1.29 is 19.7 Å². The van der Waals surface area contributed by atoms with E-state index in [9.17, 15) is 0 Å². The summed E-state index contributed by atoms with van der Waals surface area (Å²) < 4.78 is 11.5. The molecule has 2 heterocycles. The number of thioether (sulfide) groups is 2. The molecule has 0 aliphatic carbocycles. The van der Waals surface area contributed by atoms with Crippen molar-refractivity contribution in [2.75, 3.05) is 36.2 Å². The van der Waals surface area contributed by atoms with Gasteiger partial charge in [-0.05, 0) is 0 Å². The first kappa shape index (κ1) is 12.0. The van der Waals surface area contributed by atoms with Crippen molar-refractivity contribution >= 4 is 23.5 Å². The van der Waals surface area contributed by atoms with E-state index in [2.05, 4.69) is 0 Å². The maximum atomic E-state index is 9.08. The number of ether oxygens (including phenoxy) is 2. The molecule has 0 bridgehead atoms. The molecular weight excluding hydrogens is 236 g/mol. The minimum Gasteiger partial charge on any atom is -0.394 e. The third kappa shape index (κ3) is 2.81. The van der Waals surface area contributed by atoms with Crippen LogP contribution in [0.25, 0.3) is 0 Å². The molecule has 2 aliphatic heterocycles. The average molecular weight is 252 g/mol. The van der Waals surface area contributed by atoms with E-state index >= 15 is 0 Å². The summed E-state index contributed by atoms with van der Waals surface area (Å²) in [5.74, 6) is 2.61. The Morgan fingerprint density at radius 3 is 1.87 bits per heavy atom. The predicted octanol–water partition coefficient (Wildman–Crippen LogP) is -0.0687. The first-order chi connectivity index (χ1) is 7.28. The fourth-order valence-electron chi connectivity index (χ4n) is 1.75. The molecule has 15 heavy (non-hydrogen) atoms. The Balaban J connectivity index is 1.98. The van der Waals surface area contributed by atoms with Crippen molar-refractivity contribution in [2.45, 2.75) is 18.0 Å². The van der Waals surface area contributed by atoms with Crippen LogP contribution in [0.4, 0.5) is 0 Å². The summed E-state index contributed by atoms with van der Waals surface area (Å²) in [5, 5.41) is 18.2. The van der Waals surface area contributed by atoms with Gasteiger partial charge >= 0.3 is 0 Å². The highest BCUT2D eigenvalue weighted by Gasteiger charge is 2.43. The molecule has 0 amide bonds. The Hall–Kier alpha value is 0.540. The van der Waals surface area contributed by atoms with Crippen molar-refractivity contribution in [3.8, 4) is 0 Å². The molecule has 1 spiro atoms. The van der Waals surface area contributed by atoms with Gasteiger partial charge in [-0.3, -0.25) is 0 Å². The Kier molecular flexibility index (Phi) is 4.20. The summed E-state index contributed by atoms with van der Waals surface area (Å²) in [4.78, 5) is 0. The number of aliphatic hydroxyl groups is 2. The van der Waals surface area contributed by atoms with Gasteiger partial charge in [0.05, 0.1) is 25.4 Å². The van der Waals surface area contributed by atoms with Crippen molar-refractivity contribution in [3.05, 3.63) is 0 Å². The molecule has 2 aliphatic rings. The zero-order chi connectivity index (χ0) is 10.7. The van der Waals surface area contributed by atoms with Crippen molar-refractivity contribution in [1.29, 1.82) is 0 Å². The van der Waals surface area contributed by atoms with Crippen molar-refractivity contribution in [2.24, 2.45) is 0 Å². The molecule has 2 saturated heterocycles. The zero-order valence-corrected chi connectivity index (χ0v) is 10.1. The summed E-state index contributed by atoms with van der Waals surface area (Å²) in [6, 6.07) is 0. The van der Waals surface area contributed by atoms with Crippen LogP contribution in [0, 0.1) is 0 Å². The van der Waals surface area contributed by atoms with Gasteiger partial charge < -0.3 is 19.7 Å². The number of hydrogen-bond donors (Lipinski definition) is 2. The largest absolute Gasteiger partial charge is 0.394 e. The van der Waals surface area contributed by atoms with Gasteiger partial charge in [-0.2, -0.15) is 23.5 Å². The second-order valence-electron chi connectivity index (χ2n) is 3.79. The molecule has 6 heteroatoms. The van der Waals surface area contributed by atoms with E-state index in [1.54, 1.807) is 23.5 Å². The molecule has 0 unspecified atom stereocenters. The van der Waals surface area contributed by atoms with Crippen LogP contribution in [0.15, 0.2) is 0 Å². The molecule has 0 saturated carbocycles. The minimum atomic E-state index is -0.591. The highest BCUT2D eigenvalue weighted by atomic mass is 32.2. The van der Waals surface area contributed by atoms with Crippen LogP contribution >= 0.6 is 23.5 Å². The molecule has 0 aromatic carbocycles. The second kappa shape index (κ2) is 5.25. The maximum absolute atomic E-state index is 9.08. The monoisotopic (exact) mass is 252 g/mol. The second-order valence-corrected chi connectivity index (χ2v) is 5.85. The van der Waals surface area contributed by atoms with Crippen molar-refractivity contribution in [3.63, 3.8) is 0 Å².